The molecule has 0 amide bonds. The summed E-state index contributed by atoms with van der Waals surface area (Å²) in [7, 11) is 0. The van der Waals surface area contributed by atoms with E-state index in [-0.39, 0.29) is 22.9 Å². The number of nitrogens with two attached hydrogens (primary N) is 1. The molecule has 1 heterocycles. The number of hydrogen-bond acceptors (Lipinski definition) is 3. The molecule has 2 fully saturated rings. The van der Waals surface area contributed by atoms with E-state index in [0.29, 0.717) is 19.4 Å². The molecule has 5 nitrogen and oxygen atoms in total. The van der Waals surface area contributed by atoms with Crippen molar-refractivity contribution in [2.24, 2.45) is 10.9 Å². The number of hydrogen-bond donors (Lipinski definition) is 2. The topological polar surface area (TPSA) is 67.5 Å². The first kappa shape index (κ1) is 20.9. The SMILES string of the molecule is CC(C)(C)c1ccc(C2CC(=O)C(C=NCC[NH+]3CC[NH2+]CC3)C(=O)C2)cc1. The summed E-state index contributed by atoms with van der Waals surface area (Å²) in [6, 6.07) is 8.41. The summed E-state index contributed by atoms with van der Waals surface area (Å²) in [6.45, 7) is 12.9. The van der Waals surface area contributed by atoms with E-state index < -0.39 is 5.92 Å². The van der Waals surface area contributed by atoms with Crippen molar-refractivity contribution in [3.63, 3.8) is 0 Å². The molecule has 1 saturated heterocycles. The molecule has 1 aromatic rings. The summed E-state index contributed by atoms with van der Waals surface area (Å²) in [5, 5.41) is 2.35. The number of rotatable bonds is 5. The number of ketones is 2. The van der Waals surface area contributed by atoms with Crippen LogP contribution in [0.1, 0.15) is 50.7 Å². The summed E-state index contributed by atoms with van der Waals surface area (Å²) >= 11 is 0. The molecule has 2 aliphatic rings. The minimum atomic E-state index is -0.630. The Kier molecular flexibility index (Phi) is 6.78. The van der Waals surface area contributed by atoms with Gasteiger partial charge >= 0.3 is 0 Å². The lowest BCUT2D eigenvalue weighted by Crippen LogP contribution is -3.20. The van der Waals surface area contributed by atoms with Gasteiger partial charge in [0.05, 0.1) is 13.1 Å². The molecular formula is C23H35N3O2+2. The van der Waals surface area contributed by atoms with Crippen LogP contribution in [0.15, 0.2) is 29.3 Å². The average Bonchev–Trinajstić information content (AvgIpc) is 2.67. The molecule has 3 N–H and O–H groups in total. The average molecular weight is 386 g/mol. The number of benzene rings is 1. The monoisotopic (exact) mass is 385 g/mol. The Morgan fingerprint density at radius 1 is 1.07 bits per heavy atom. The van der Waals surface area contributed by atoms with Gasteiger partial charge in [0.1, 0.15) is 43.7 Å². The molecule has 0 atom stereocenters. The number of carbonyl (C=O) groups excluding carboxylic acids is 2. The predicted molar refractivity (Wildman–Crippen MR) is 111 cm³/mol. The van der Waals surface area contributed by atoms with Gasteiger partial charge in [-0.05, 0) is 22.5 Å². The third kappa shape index (κ3) is 5.36. The van der Waals surface area contributed by atoms with E-state index in [4.69, 9.17) is 0 Å². The van der Waals surface area contributed by atoms with Crippen molar-refractivity contribution < 1.29 is 19.8 Å². The van der Waals surface area contributed by atoms with E-state index in [2.05, 4.69) is 55.3 Å². The molecule has 3 rings (SSSR count). The maximum absolute atomic E-state index is 12.6. The third-order valence-corrected chi connectivity index (χ3v) is 6.09. The maximum atomic E-state index is 12.6. The Bertz CT molecular complexity index is 694. The van der Waals surface area contributed by atoms with Crippen LogP contribution in [0.5, 0.6) is 0 Å². The molecule has 0 spiro atoms. The predicted octanol–water partition coefficient (Wildman–Crippen LogP) is 0.149. The number of nitrogens with zero attached hydrogens (tertiary/aromatic N) is 1. The molecule has 28 heavy (non-hydrogen) atoms. The summed E-state index contributed by atoms with van der Waals surface area (Å²) in [6.07, 6.45) is 2.49. The van der Waals surface area contributed by atoms with Gasteiger partial charge in [-0.15, -0.1) is 0 Å². The van der Waals surface area contributed by atoms with E-state index in [1.54, 1.807) is 11.1 Å². The molecule has 1 aromatic carbocycles. The molecule has 1 saturated carbocycles. The first-order valence-corrected chi connectivity index (χ1v) is 10.7. The third-order valence-electron chi connectivity index (χ3n) is 6.09. The smallest absolute Gasteiger partial charge is 0.149 e. The van der Waals surface area contributed by atoms with E-state index in [0.717, 1.165) is 12.1 Å². The van der Waals surface area contributed by atoms with Crippen molar-refractivity contribution in [3.8, 4) is 0 Å². The lowest BCUT2D eigenvalue weighted by atomic mass is 9.76. The number of quaternary nitrogens is 2. The highest BCUT2D eigenvalue weighted by Crippen LogP contribution is 2.32. The number of aliphatic imine (C=N–C) groups is 1. The Balaban J connectivity index is 1.54. The van der Waals surface area contributed by atoms with Crippen LogP contribution in [0, 0.1) is 5.92 Å². The molecule has 152 valence electrons. The molecule has 0 bridgehead atoms. The largest absolute Gasteiger partial charge is 0.337 e. The summed E-state index contributed by atoms with van der Waals surface area (Å²) in [5.41, 5.74) is 2.46. The lowest BCUT2D eigenvalue weighted by Gasteiger charge is -2.26. The van der Waals surface area contributed by atoms with E-state index in [1.807, 2.05) is 0 Å². The van der Waals surface area contributed by atoms with Crippen LogP contribution < -0.4 is 10.2 Å². The van der Waals surface area contributed by atoms with Crippen LogP contribution in [0.3, 0.4) is 0 Å². The van der Waals surface area contributed by atoms with Crippen molar-refractivity contribution in [2.75, 3.05) is 39.3 Å². The Hall–Kier alpha value is -1.85. The van der Waals surface area contributed by atoms with Gasteiger partial charge in [-0.1, -0.05) is 45.0 Å². The zero-order valence-corrected chi connectivity index (χ0v) is 17.5. The van der Waals surface area contributed by atoms with Crippen molar-refractivity contribution in [2.45, 2.75) is 44.9 Å². The van der Waals surface area contributed by atoms with Crippen molar-refractivity contribution in [3.05, 3.63) is 35.4 Å². The van der Waals surface area contributed by atoms with Gasteiger partial charge in [0.15, 0.2) is 0 Å². The molecule has 1 aliphatic heterocycles. The van der Waals surface area contributed by atoms with Crippen LogP contribution in [-0.2, 0) is 15.0 Å². The van der Waals surface area contributed by atoms with Crippen molar-refractivity contribution >= 4 is 17.8 Å². The standard InChI is InChI=1S/C23H33N3O2/c1-23(2,3)19-6-4-17(5-7-19)18-14-21(27)20(22(28)15-18)16-25-10-13-26-11-8-24-9-12-26/h4-7,16,18,20,24H,8-15H2,1-3H3/p+2. The molecule has 0 radical (unpaired) electrons. The van der Waals surface area contributed by atoms with E-state index in [1.165, 1.54) is 31.7 Å². The zero-order chi connectivity index (χ0) is 20.1. The number of nitrogens with one attached hydrogen (secondary N) is 1. The van der Waals surface area contributed by atoms with Crippen LogP contribution in [0.25, 0.3) is 0 Å². The number of Topliss-reactive ketones (excluding diaryl/α,β-unsaturated/α-hetero) is 2. The first-order valence-electron chi connectivity index (χ1n) is 10.7. The van der Waals surface area contributed by atoms with Gasteiger partial charge in [0.25, 0.3) is 0 Å². The van der Waals surface area contributed by atoms with Crippen molar-refractivity contribution in [1.82, 2.24) is 0 Å². The highest BCUT2D eigenvalue weighted by atomic mass is 16.2. The minimum absolute atomic E-state index is 0.00714. The lowest BCUT2D eigenvalue weighted by molar-refractivity contribution is -0.945. The second-order valence-corrected chi connectivity index (χ2v) is 9.31. The first-order chi connectivity index (χ1) is 13.3. The molecule has 5 heteroatoms. The Morgan fingerprint density at radius 3 is 2.25 bits per heavy atom. The van der Waals surface area contributed by atoms with Gasteiger partial charge in [0.2, 0.25) is 0 Å². The summed E-state index contributed by atoms with van der Waals surface area (Å²) < 4.78 is 0. The second-order valence-electron chi connectivity index (χ2n) is 9.31. The second kappa shape index (κ2) is 9.10. The van der Waals surface area contributed by atoms with Crippen LogP contribution in [0.4, 0.5) is 0 Å². The van der Waals surface area contributed by atoms with Gasteiger partial charge in [-0.3, -0.25) is 14.6 Å². The fourth-order valence-electron chi connectivity index (χ4n) is 4.18. The fourth-order valence-corrected chi connectivity index (χ4v) is 4.18. The quantitative estimate of drug-likeness (QED) is 0.560. The highest BCUT2D eigenvalue weighted by Gasteiger charge is 2.35. The summed E-state index contributed by atoms with van der Waals surface area (Å²) in [4.78, 5) is 31.2. The van der Waals surface area contributed by atoms with E-state index >= 15 is 0 Å². The number of carbonyl (C=O) groups is 2. The Labute approximate surface area is 168 Å². The summed E-state index contributed by atoms with van der Waals surface area (Å²) in [5.74, 6) is -0.586. The van der Waals surface area contributed by atoms with Crippen LogP contribution in [-0.4, -0.2) is 57.0 Å². The minimum Gasteiger partial charge on any atom is -0.337 e. The molecule has 1 aliphatic carbocycles. The number of piperazine rings is 1. The molecule has 0 aromatic heterocycles. The van der Waals surface area contributed by atoms with Gasteiger partial charge < -0.3 is 10.2 Å². The van der Waals surface area contributed by atoms with Gasteiger partial charge in [-0.2, -0.15) is 0 Å². The van der Waals surface area contributed by atoms with Gasteiger partial charge in [0, 0.05) is 19.1 Å². The zero-order valence-electron chi connectivity index (χ0n) is 17.5. The highest BCUT2D eigenvalue weighted by molar-refractivity contribution is 6.16. The molecular weight excluding hydrogens is 350 g/mol. The van der Waals surface area contributed by atoms with Crippen molar-refractivity contribution in [1.29, 1.82) is 0 Å². The van der Waals surface area contributed by atoms with E-state index in [9.17, 15) is 9.59 Å². The van der Waals surface area contributed by atoms with Gasteiger partial charge in [-0.25, -0.2) is 0 Å². The van der Waals surface area contributed by atoms with Crippen LogP contribution in [0.2, 0.25) is 0 Å². The Morgan fingerprint density at radius 2 is 1.68 bits per heavy atom. The fraction of sp³-hybridized carbons (Fsp3) is 0.609. The van der Waals surface area contributed by atoms with Crippen LogP contribution >= 0.6 is 0 Å². The molecule has 0 unspecified atom stereocenters. The normalized spacial score (nSPS) is 24.8. The maximum Gasteiger partial charge on any atom is 0.149 e.